The number of carbonyl (C=O) groups is 19. The van der Waals surface area contributed by atoms with Gasteiger partial charge in [0.15, 0.2) is 0 Å². The average Bonchev–Trinajstić information content (AvgIpc) is 3.00. The van der Waals surface area contributed by atoms with Crippen LogP contribution >= 0.6 is 0 Å². The van der Waals surface area contributed by atoms with Crippen molar-refractivity contribution in [2.45, 2.75) is 131 Å². The fourth-order valence-corrected chi connectivity index (χ4v) is 0.0956. The molecule has 0 atom stereocenters. The third-order valence-electron chi connectivity index (χ3n) is 0.326. The van der Waals surface area contributed by atoms with Crippen molar-refractivity contribution in [1.29, 1.82) is 0 Å². The largest absolute Gasteiger partial charge is 0.481 e. The van der Waals surface area contributed by atoms with E-state index >= 15 is 0 Å². The highest BCUT2D eigenvalue weighted by molar-refractivity contribution is 5.67. The lowest BCUT2D eigenvalue weighted by atomic mass is 10.5. The monoisotopic (exact) mass is 1170 g/mol. The summed E-state index contributed by atoms with van der Waals surface area (Å²) in [7, 11) is 0. The zero-order chi connectivity index (χ0) is 69.4. The van der Waals surface area contributed by atoms with E-state index in [0.717, 1.165) is 125 Å². The second-order valence-electron chi connectivity index (χ2n) is 10.2. The molecule has 20 N–H and O–H groups in total. The van der Waals surface area contributed by atoms with Gasteiger partial charge in [-0.1, -0.05) is 0 Å². The zero-order valence-corrected chi connectivity index (χ0v) is 45.6. The molecule has 0 saturated heterocycles. The Kier molecular flexibility index (Phi) is 198. The fraction of sp³-hybridized carbons (Fsp3) is 0.513. The molecule has 0 rings (SSSR count). The predicted octanol–water partition coefficient (Wildman–Crippen LogP) is 1.09. The molecule has 0 aromatic heterocycles. The molecule has 0 heterocycles. The maximum absolute atomic E-state index is 9.44. The Morgan fingerprint density at radius 2 is 0.205 bits per heavy atom. The molecule has 0 aromatic rings. The van der Waals surface area contributed by atoms with Crippen LogP contribution in [0.15, 0.2) is 0 Å². The second kappa shape index (κ2) is 121. The third-order valence-corrected chi connectivity index (χ3v) is 0.326. The van der Waals surface area contributed by atoms with Gasteiger partial charge in [0.2, 0.25) is 0 Å². The van der Waals surface area contributed by atoms with E-state index in [0.29, 0.717) is 0 Å². The number of aliphatic carboxylic acids is 19. The molecule has 0 amide bonds. The molecule has 0 aliphatic heterocycles. The first-order valence-electron chi connectivity index (χ1n) is 18.3. The SMILES string of the molecule is CC(=O)O.CC(=O)O.CC(=O)O.CC(=O)O.CC(=O)O.CC(=O)O.CC(=O)O.CC(=O)O.CC(=O)O.CC(=O)O.CC(=O)O.CC(=O)O.CC(=O)O.CC(=O)O.CC(=O)O.CC(=O)O.CC(=O)O.CC(=O)O.O=C(O)CCO. The van der Waals surface area contributed by atoms with Crippen molar-refractivity contribution in [3.05, 3.63) is 0 Å². The van der Waals surface area contributed by atoms with Gasteiger partial charge < -0.3 is 102 Å². The van der Waals surface area contributed by atoms with Crippen LogP contribution in [0, 0.1) is 0 Å². The van der Waals surface area contributed by atoms with Crippen molar-refractivity contribution in [2.75, 3.05) is 6.61 Å². The number of carboxylic acids is 19. The lowest BCUT2D eigenvalue weighted by Gasteiger charge is -1.79. The van der Waals surface area contributed by atoms with Gasteiger partial charge in [-0.25, -0.2) is 0 Å². The van der Waals surface area contributed by atoms with E-state index in [2.05, 4.69) is 0 Å². The van der Waals surface area contributed by atoms with Crippen LogP contribution in [0.2, 0.25) is 0 Å². The lowest BCUT2D eigenvalue weighted by molar-refractivity contribution is -0.138. The maximum Gasteiger partial charge on any atom is 0.305 e. The van der Waals surface area contributed by atoms with Crippen LogP contribution in [0.5, 0.6) is 0 Å². The van der Waals surface area contributed by atoms with E-state index in [-0.39, 0.29) is 13.0 Å². The first-order chi connectivity index (χ1) is 33.9. The smallest absolute Gasteiger partial charge is 0.305 e. The van der Waals surface area contributed by atoms with Crippen molar-refractivity contribution in [3.63, 3.8) is 0 Å². The van der Waals surface area contributed by atoms with Gasteiger partial charge in [0.1, 0.15) is 0 Å². The van der Waals surface area contributed by atoms with E-state index in [1.807, 2.05) is 0 Å². The van der Waals surface area contributed by atoms with Gasteiger partial charge in [0.05, 0.1) is 13.0 Å². The molecule has 78 heavy (non-hydrogen) atoms. The average molecular weight is 1170 g/mol. The molecule has 0 radical (unpaired) electrons. The minimum Gasteiger partial charge on any atom is -0.481 e. The van der Waals surface area contributed by atoms with Crippen molar-refractivity contribution in [3.8, 4) is 0 Å². The Morgan fingerprint density at radius 1 is 0.167 bits per heavy atom. The summed E-state index contributed by atoms with van der Waals surface area (Å²) in [6, 6.07) is 0. The summed E-state index contributed by atoms with van der Waals surface area (Å²) < 4.78 is 0. The molecule has 0 aromatic carbocycles. The quantitative estimate of drug-likeness (QED) is 0.184. The van der Waals surface area contributed by atoms with Gasteiger partial charge in [-0.15, -0.1) is 0 Å². The highest BCUT2D eigenvalue weighted by atomic mass is 16.4. The molecule has 0 aliphatic carbocycles. The summed E-state index contributed by atoms with van der Waals surface area (Å²) in [5.74, 6) is -16.0. The van der Waals surface area contributed by atoms with Crippen LogP contribution in [0.4, 0.5) is 0 Å². The fourth-order valence-electron chi connectivity index (χ4n) is 0.0956. The molecule has 0 unspecified atom stereocenters. The molecular weight excluding hydrogens is 1090 g/mol. The van der Waals surface area contributed by atoms with Crippen molar-refractivity contribution < 1.29 is 193 Å². The van der Waals surface area contributed by atoms with E-state index < -0.39 is 113 Å². The third kappa shape index (κ3) is 5490. The topological polar surface area (TPSA) is 729 Å². The van der Waals surface area contributed by atoms with E-state index in [9.17, 15) is 4.79 Å². The van der Waals surface area contributed by atoms with E-state index in [1.54, 1.807) is 0 Å². The Labute approximate surface area is 444 Å². The van der Waals surface area contributed by atoms with Crippen LogP contribution in [0.3, 0.4) is 0 Å². The summed E-state index contributed by atoms with van der Waals surface area (Å²) >= 11 is 0. The number of carboxylic acid groups (broad SMARTS) is 19. The van der Waals surface area contributed by atoms with Gasteiger partial charge >= 0.3 is 5.97 Å². The summed E-state index contributed by atoms with van der Waals surface area (Å²) in [4.78, 5) is 171. The molecule has 0 saturated carbocycles. The minimum absolute atomic E-state index is 0.153. The lowest BCUT2D eigenvalue weighted by Crippen LogP contribution is -1.96. The maximum atomic E-state index is 9.44. The van der Waals surface area contributed by atoms with Crippen LogP contribution in [0.25, 0.3) is 0 Å². The number of hydrogen-bond acceptors (Lipinski definition) is 20. The normalized spacial score (nSPS) is 6.40. The van der Waals surface area contributed by atoms with Crippen molar-refractivity contribution >= 4 is 113 Å². The van der Waals surface area contributed by atoms with Gasteiger partial charge in [-0.05, 0) is 0 Å². The number of hydrogen-bond donors (Lipinski definition) is 20. The van der Waals surface area contributed by atoms with Gasteiger partial charge in [-0.2, -0.15) is 0 Å². The van der Waals surface area contributed by atoms with Crippen molar-refractivity contribution in [1.82, 2.24) is 0 Å². The summed E-state index contributed by atoms with van der Waals surface area (Å²) in [5, 5.41) is 149. The summed E-state index contributed by atoms with van der Waals surface area (Å²) in [6.45, 7) is 19.2. The van der Waals surface area contributed by atoms with Gasteiger partial charge in [-0.3, -0.25) is 91.1 Å². The van der Waals surface area contributed by atoms with Gasteiger partial charge in [0.25, 0.3) is 107 Å². The number of rotatable bonds is 2. The van der Waals surface area contributed by atoms with Gasteiger partial charge in [0, 0.05) is 125 Å². The van der Waals surface area contributed by atoms with E-state index in [4.69, 9.17) is 188 Å². The van der Waals surface area contributed by atoms with Crippen LogP contribution in [-0.2, 0) is 91.1 Å². The molecule has 0 spiro atoms. The zero-order valence-electron chi connectivity index (χ0n) is 45.6. The van der Waals surface area contributed by atoms with Crippen LogP contribution in [-0.4, -0.2) is 222 Å². The number of aliphatic hydroxyl groups excluding tert-OH is 1. The first kappa shape index (κ1) is 127. The van der Waals surface area contributed by atoms with Crippen molar-refractivity contribution in [2.24, 2.45) is 0 Å². The Hall–Kier alpha value is -10.1. The molecular formula is C39H78O39. The Balaban J connectivity index is -0.0000000277. The minimum atomic E-state index is -0.961. The standard InChI is InChI=1S/C3H6O3.18C2H4O2/c4-2-1-3(5)6;18*1-2(3)4/h4H,1-2H2,(H,5,6);18*1H3,(H,3,4). The highest BCUT2D eigenvalue weighted by Crippen LogP contribution is 1.70. The predicted molar refractivity (Wildman–Crippen MR) is 259 cm³/mol. The molecule has 39 nitrogen and oxygen atoms in total. The summed E-state index contributed by atoms with van der Waals surface area (Å²) in [5.41, 5.74) is 0. The molecule has 0 fully saturated rings. The second-order valence-corrected chi connectivity index (χ2v) is 10.2. The summed E-state index contributed by atoms with van der Waals surface area (Å²) in [6.07, 6.45) is -0.153. The van der Waals surface area contributed by atoms with E-state index in [1.165, 1.54) is 0 Å². The molecule has 468 valence electrons. The molecule has 39 heteroatoms. The Morgan fingerprint density at radius 3 is 0.205 bits per heavy atom. The number of aliphatic hydroxyl groups is 1. The first-order valence-corrected chi connectivity index (χ1v) is 18.3. The highest BCUT2D eigenvalue weighted by Gasteiger charge is 1.88. The van der Waals surface area contributed by atoms with Crippen LogP contribution in [0.1, 0.15) is 131 Å². The molecule has 0 bridgehead atoms. The Bertz CT molecular complexity index is 1070. The molecule has 0 aliphatic rings. The van der Waals surface area contributed by atoms with Crippen LogP contribution < -0.4 is 0 Å².